The van der Waals surface area contributed by atoms with E-state index in [9.17, 15) is 0 Å². The van der Waals surface area contributed by atoms with Gasteiger partial charge in [-0.15, -0.1) is 0 Å². The highest BCUT2D eigenvalue weighted by Gasteiger charge is 2.20. The molecule has 1 aliphatic rings. The number of anilines is 1. The number of piperidine rings is 1. The smallest absolute Gasteiger partial charge is 0.145 e. The summed E-state index contributed by atoms with van der Waals surface area (Å²) in [6, 6.07) is 8.33. The topological polar surface area (TPSA) is 25.4 Å². The normalized spacial score (nSPS) is 16.2. The first kappa shape index (κ1) is 15.5. The fraction of sp³-hybridized carbons (Fsp3) is 0.500. The van der Waals surface area contributed by atoms with Gasteiger partial charge in [0.25, 0.3) is 0 Å². The number of pyridine rings is 1. The average Bonchev–Trinajstić information content (AvgIpc) is 2.59. The number of fused-ring (bicyclic) bond motifs is 1. The molecule has 1 fully saturated rings. The molecule has 1 aliphatic heterocycles. The van der Waals surface area contributed by atoms with Crippen LogP contribution in [0.2, 0.25) is 0 Å². The molecule has 0 bridgehead atoms. The Kier molecular flexibility index (Phi) is 5.08. The third-order valence-electron chi connectivity index (χ3n) is 4.62. The van der Waals surface area contributed by atoms with Crippen LogP contribution < -0.4 is 9.64 Å². The molecule has 0 amide bonds. The lowest BCUT2D eigenvalue weighted by molar-refractivity contribution is 0.398. The zero-order valence-corrected chi connectivity index (χ0v) is 14.2. The van der Waals surface area contributed by atoms with Gasteiger partial charge in [-0.05, 0) is 49.3 Å². The second kappa shape index (κ2) is 7.23. The summed E-state index contributed by atoms with van der Waals surface area (Å²) in [6.07, 6.45) is 8.06. The number of ether oxygens (including phenoxy) is 1. The van der Waals surface area contributed by atoms with Crippen molar-refractivity contribution in [2.75, 3.05) is 37.1 Å². The van der Waals surface area contributed by atoms with Crippen molar-refractivity contribution < 1.29 is 4.74 Å². The highest BCUT2D eigenvalue weighted by atomic mass is 32.2. The minimum atomic E-state index is 0.856. The van der Waals surface area contributed by atoms with Crippen LogP contribution in [0.5, 0.6) is 5.75 Å². The molecule has 4 heteroatoms. The molecular weight excluding hydrogens is 292 g/mol. The molecular formula is C18H24N2OS. The molecule has 3 rings (SSSR count). The van der Waals surface area contributed by atoms with Gasteiger partial charge < -0.3 is 9.64 Å². The van der Waals surface area contributed by atoms with Gasteiger partial charge in [-0.25, -0.2) is 0 Å². The van der Waals surface area contributed by atoms with E-state index in [0.717, 1.165) is 30.3 Å². The highest BCUT2D eigenvalue weighted by molar-refractivity contribution is 7.98. The van der Waals surface area contributed by atoms with Gasteiger partial charge in [0.15, 0.2) is 0 Å². The zero-order chi connectivity index (χ0) is 15.4. The van der Waals surface area contributed by atoms with Gasteiger partial charge >= 0.3 is 0 Å². The summed E-state index contributed by atoms with van der Waals surface area (Å²) in [7, 11) is 1.71. The Morgan fingerprint density at radius 3 is 2.82 bits per heavy atom. The highest BCUT2D eigenvalue weighted by Crippen LogP contribution is 2.33. The molecule has 22 heavy (non-hydrogen) atoms. The van der Waals surface area contributed by atoms with E-state index in [2.05, 4.69) is 34.3 Å². The first-order valence-corrected chi connectivity index (χ1v) is 9.38. The average molecular weight is 316 g/mol. The number of rotatable bonds is 5. The van der Waals surface area contributed by atoms with Crippen LogP contribution in [0.4, 0.5) is 5.69 Å². The minimum absolute atomic E-state index is 0.856. The second-order valence-electron chi connectivity index (χ2n) is 5.90. The van der Waals surface area contributed by atoms with Crippen molar-refractivity contribution in [2.24, 2.45) is 5.92 Å². The summed E-state index contributed by atoms with van der Waals surface area (Å²) in [6.45, 7) is 2.30. The maximum absolute atomic E-state index is 5.45. The molecule has 118 valence electrons. The second-order valence-corrected chi connectivity index (χ2v) is 6.88. The van der Waals surface area contributed by atoms with Crippen LogP contribution in [0.15, 0.2) is 30.5 Å². The first-order chi connectivity index (χ1) is 10.8. The molecule has 0 unspecified atom stereocenters. The molecule has 1 saturated heterocycles. The molecule has 0 aliphatic carbocycles. The van der Waals surface area contributed by atoms with E-state index in [0.29, 0.717) is 0 Å². The monoisotopic (exact) mass is 316 g/mol. The summed E-state index contributed by atoms with van der Waals surface area (Å²) in [5.74, 6) is 3.04. The minimum Gasteiger partial charge on any atom is -0.494 e. The number of benzene rings is 1. The number of hydrogen-bond acceptors (Lipinski definition) is 4. The van der Waals surface area contributed by atoms with Crippen LogP contribution in [-0.4, -0.2) is 37.2 Å². The lowest BCUT2D eigenvalue weighted by atomic mass is 9.94. The maximum atomic E-state index is 5.45. The maximum Gasteiger partial charge on any atom is 0.145 e. The van der Waals surface area contributed by atoms with Crippen molar-refractivity contribution in [3.63, 3.8) is 0 Å². The Morgan fingerprint density at radius 1 is 1.27 bits per heavy atom. The van der Waals surface area contributed by atoms with Gasteiger partial charge in [0.05, 0.1) is 7.11 Å². The van der Waals surface area contributed by atoms with Crippen molar-refractivity contribution >= 4 is 28.4 Å². The van der Waals surface area contributed by atoms with Crippen LogP contribution in [0.1, 0.15) is 19.3 Å². The molecule has 3 nitrogen and oxygen atoms in total. The molecule has 2 heterocycles. The Bertz CT molecular complexity index is 624. The van der Waals surface area contributed by atoms with E-state index in [1.807, 2.05) is 24.0 Å². The van der Waals surface area contributed by atoms with E-state index in [1.54, 1.807) is 7.11 Å². The summed E-state index contributed by atoms with van der Waals surface area (Å²) < 4.78 is 5.45. The number of aromatic nitrogens is 1. The number of thioether (sulfide) groups is 1. The molecule has 0 spiro atoms. The van der Waals surface area contributed by atoms with E-state index in [1.165, 1.54) is 36.1 Å². The van der Waals surface area contributed by atoms with Crippen molar-refractivity contribution in [1.29, 1.82) is 0 Å². The van der Waals surface area contributed by atoms with Gasteiger partial charge in [0.1, 0.15) is 11.3 Å². The van der Waals surface area contributed by atoms with E-state index in [4.69, 9.17) is 4.74 Å². The fourth-order valence-electron chi connectivity index (χ4n) is 3.32. The predicted molar refractivity (Wildman–Crippen MR) is 96.2 cm³/mol. The van der Waals surface area contributed by atoms with Crippen LogP contribution in [0.3, 0.4) is 0 Å². The van der Waals surface area contributed by atoms with Gasteiger partial charge in [-0.2, -0.15) is 11.8 Å². The van der Waals surface area contributed by atoms with Gasteiger partial charge in [-0.3, -0.25) is 4.98 Å². The summed E-state index contributed by atoms with van der Waals surface area (Å²) in [5.41, 5.74) is 2.26. The Morgan fingerprint density at radius 2 is 2.09 bits per heavy atom. The van der Waals surface area contributed by atoms with Crippen molar-refractivity contribution in [3.8, 4) is 5.75 Å². The fourth-order valence-corrected chi connectivity index (χ4v) is 3.89. The van der Waals surface area contributed by atoms with Gasteiger partial charge in [0.2, 0.25) is 0 Å². The lowest BCUT2D eigenvalue weighted by Crippen LogP contribution is -2.34. The third kappa shape index (κ3) is 3.17. The molecule has 0 radical (unpaired) electrons. The predicted octanol–water partition coefficient (Wildman–Crippen LogP) is 4.21. The molecule has 1 aromatic heterocycles. The summed E-state index contributed by atoms with van der Waals surface area (Å²) in [4.78, 5) is 7.02. The summed E-state index contributed by atoms with van der Waals surface area (Å²) in [5, 5.41) is 1.20. The number of nitrogens with zero attached hydrogens (tertiary/aromatic N) is 2. The largest absolute Gasteiger partial charge is 0.494 e. The zero-order valence-electron chi connectivity index (χ0n) is 13.4. The van der Waals surface area contributed by atoms with E-state index in [-0.39, 0.29) is 0 Å². The molecule has 0 N–H and O–H groups in total. The Hall–Kier alpha value is -1.42. The first-order valence-electron chi connectivity index (χ1n) is 7.99. The van der Waals surface area contributed by atoms with Crippen LogP contribution in [0.25, 0.3) is 10.9 Å². The van der Waals surface area contributed by atoms with E-state index < -0.39 is 0 Å². The third-order valence-corrected chi connectivity index (χ3v) is 5.26. The number of methoxy groups -OCH3 is 1. The SMILES string of the molecule is COc1cccc2c(N3CCC(CCSC)CC3)ccnc12. The van der Waals surface area contributed by atoms with Gasteiger partial charge in [0, 0.05) is 30.4 Å². The summed E-state index contributed by atoms with van der Waals surface area (Å²) >= 11 is 1.96. The van der Waals surface area contributed by atoms with Crippen molar-refractivity contribution in [1.82, 2.24) is 4.98 Å². The van der Waals surface area contributed by atoms with Crippen LogP contribution >= 0.6 is 11.8 Å². The molecule has 0 atom stereocenters. The Labute approximate surface area is 137 Å². The number of hydrogen-bond donors (Lipinski definition) is 0. The lowest BCUT2D eigenvalue weighted by Gasteiger charge is -2.34. The standard InChI is InChI=1S/C18H24N2OS/c1-21-17-5-3-4-15-16(6-10-19-18(15)17)20-11-7-14(8-12-20)9-13-22-2/h3-6,10,14H,7-9,11-13H2,1-2H3. The molecule has 0 saturated carbocycles. The van der Waals surface area contributed by atoms with Crippen LogP contribution in [-0.2, 0) is 0 Å². The quantitative estimate of drug-likeness (QED) is 0.825. The van der Waals surface area contributed by atoms with Crippen molar-refractivity contribution in [3.05, 3.63) is 30.5 Å². The van der Waals surface area contributed by atoms with Crippen LogP contribution in [0, 0.1) is 5.92 Å². The van der Waals surface area contributed by atoms with Crippen molar-refractivity contribution in [2.45, 2.75) is 19.3 Å². The van der Waals surface area contributed by atoms with E-state index >= 15 is 0 Å². The number of para-hydroxylation sites is 1. The molecule has 1 aromatic carbocycles. The Balaban J connectivity index is 1.80. The van der Waals surface area contributed by atoms with Gasteiger partial charge in [-0.1, -0.05) is 12.1 Å². The molecule has 2 aromatic rings.